The Bertz CT molecular complexity index is 467. The van der Waals surface area contributed by atoms with E-state index in [0.29, 0.717) is 18.0 Å². The first-order valence-corrected chi connectivity index (χ1v) is 7.80. The van der Waals surface area contributed by atoms with E-state index >= 15 is 0 Å². The topological polar surface area (TPSA) is 48.5 Å². The lowest BCUT2D eigenvalue weighted by Crippen LogP contribution is -2.46. The molecule has 1 aliphatic rings. The van der Waals surface area contributed by atoms with Crippen molar-refractivity contribution in [2.75, 3.05) is 44.2 Å². The van der Waals surface area contributed by atoms with E-state index in [1.807, 2.05) is 12.3 Å². The highest BCUT2D eigenvalue weighted by Crippen LogP contribution is 2.16. The van der Waals surface area contributed by atoms with Crippen LogP contribution in [0.4, 0.5) is 5.69 Å². The summed E-state index contributed by atoms with van der Waals surface area (Å²) in [6, 6.07) is 1.95. The van der Waals surface area contributed by atoms with Crippen LogP contribution in [0.3, 0.4) is 0 Å². The van der Waals surface area contributed by atoms with Crippen molar-refractivity contribution in [3.05, 3.63) is 24.0 Å². The summed E-state index contributed by atoms with van der Waals surface area (Å²) >= 11 is 0. The standard InChI is InChI=1S/C16H26N4O/c1-4-19-5-7-20(8-6-19)15-9-14(11-17-12-15)16(21)18-10-13(2)3/h9,11-13H,4-8,10H2,1-3H3,(H,18,21). The van der Waals surface area contributed by atoms with E-state index < -0.39 is 0 Å². The first-order chi connectivity index (χ1) is 10.1. The molecule has 0 atom stereocenters. The molecule has 5 nitrogen and oxygen atoms in total. The van der Waals surface area contributed by atoms with Gasteiger partial charge in [0, 0.05) is 38.9 Å². The van der Waals surface area contributed by atoms with Gasteiger partial charge in [-0.25, -0.2) is 0 Å². The smallest absolute Gasteiger partial charge is 0.252 e. The maximum atomic E-state index is 12.1. The number of hydrogen-bond acceptors (Lipinski definition) is 4. The maximum absolute atomic E-state index is 12.1. The van der Waals surface area contributed by atoms with Crippen LogP contribution >= 0.6 is 0 Å². The summed E-state index contributed by atoms with van der Waals surface area (Å²) in [6.45, 7) is 12.3. The summed E-state index contributed by atoms with van der Waals surface area (Å²) in [4.78, 5) is 21.1. The largest absolute Gasteiger partial charge is 0.368 e. The highest BCUT2D eigenvalue weighted by atomic mass is 16.1. The molecule has 5 heteroatoms. The van der Waals surface area contributed by atoms with E-state index in [1.165, 1.54) is 0 Å². The molecule has 1 saturated heterocycles. The maximum Gasteiger partial charge on any atom is 0.252 e. The number of aromatic nitrogens is 1. The zero-order chi connectivity index (χ0) is 15.2. The fourth-order valence-electron chi connectivity index (χ4n) is 2.45. The lowest BCUT2D eigenvalue weighted by molar-refractivity contribution is 0.0948. The molecule has 1 aromatic rings. The number of pyridine rings is 1. The van der Waals surface area contributed by atoms with E-state index in [9.17, 15) is 4.79 Å². The molecule has 0 saturated carbocycles. The summed E-state index contributed by atoms with van der Waals surface area (Å²) in [5, 5.41) is 2.94. The molecule has 0 bridgehead atoms. The van der Waals surface area contributed by atoms with Crippen molar-refractivity contribution < 1.29 is 4.79 Å². The summed E-state index contributed by atoms with van der Waals surface area (Å²) in [7, 11) is 0. The molecule has 1 fully saturated rings. The van der Waals surface area contributed by atoms with Gasteiger partial charge in [-0.15, -0.1) is 0 Å². The van der Waals surface area contributed by atoms with Crippen LogP contribution in [-0.4, -0.2) is 55.1 Å². The predicted octanol–water partition coefficient (Wildman–Crippen LogP) is 1.61. The third kappa shape index (κ3) is 4.43. The quantitative estimate of drug-likeness (QED) is 0.895. The Balaban J connectivity index is 1.99. The van der Waals surface area contributed by atoms with E-state index in [1.54, 1.807) is 6.20 Å². The molecule has 2 rings (SSSR count). The molecular formula is C16H26N4O. The van der Waals surface area contributed by atoms with Crippen LogP contribution in [0.15, 0.2) is 18.5 Å². The number of amides is 1. The number of nitrogens with one attached hydrogen (secondary N) is 1. The zero-order valence-electron chi connectivity index (χ0n) is 13.3. The highest BCUT2D eigenvalue weighted by Gasteiger charge is 2.17. The van der Waals surface area contributed by atoms with Crippen LogP contribution in [0.5, 0.6) is 0 Å². The normalized spacial score (nSPS) is 16.3. The van der Waals surface area contributed by atoms with Gasteiger partial charge in [0.1, 0.15) is 0 Å². The van der Waals surface area contributed by atoms with Gasteiger partial charge in [-0.3, -0.25) is 9.78 Å². The van der Waals surface area contributed by atoms with Gasteiger partial charge >= 0.3 is 0 Å². The van der Waals surface area contributed by atoms with Crippen LogP contribution in [0, 0.1) is 5.92 Å². The second-order valence-corrected chi connectivity index (χ2v) is 5.96. The number of rotatable bonds is 5. The van der Waals surface area contributed by atoms with E-state index in [-0.39, 0.29) is 5.91 Å². The SMILES string of the molecule is CCN1CCN(c2cncc(C(=O)NCC(C)C)c2)CC1. The van der Waals surface area contributed by atoms with Gasteiger partial charge in [0.2, 0.25) is 0 Å². The van der Waals surface area contributed by atoms with Gasteiger partial charge in [0.05, 0.1) is 17.4 Å². The Labute approximate surface area is 127 Å². The van der Waals surface area contributed by atoms with Crippen molar-refractivity contribution in [3.8, 4) is 0 Å². The minimum Gasteiger partial charge on any atom is -0.368 e. The van der Waals surface area contributed by atoms with Gasteiger partial charge in [-0.05, 0) is 18.5 Å². The first kappa shape index (κ1) is 15.8. The minimum atomic E-state index is -0.0368. The molecule has 2 heterocycles. The molecule has 1 aromatic heterocycles. The number of nitrogens with zero attached hydrogens (tertiary/aromatic N) is 3. The molecule has 21 heavy (non-hydrogen) atoms. The van der Waals surface area contributed by atoms with Crippen LogP contribution in [0.25, 0.3) is 0 Å². The van der Waals surface area contributed by atoms with Crippen LogP contribution in [0.1, 0.15) is 31.1 Å². The molecule has 0 aliphatic carbocycles. The molecule has 0 spiro atoms. The molecule has 0 aromatic carbocycles. The zero-order valence-corrected chi connectivity index (χ0v) is 13.3. The number of carbonyl (C=O) groups is 1. The molecule has 1 aliphatic heterocycles. The monoisotopic (exact) mass is 290 g/mol. The Hall–Kier alpha value is -1.62. The lowest BCUT2D eigenvalue weighted by Gasteiger charge is -2.35. The van der Waals surface area contributed by atoms with Gasteiger partial charge in [0.15, 0.2) is 0 Å². The van der Waals surface area contributed by atoms with Gasteiger partial charge in [-0.2, -0.15) is 0 Å². The molecule has 1 amide bonds. The van der Waals surface area contributed by atoms with Crippen LogP contribution < -0.4 is 10.2 Å². The third-order valence-corrected chi connectivity index (χ3v) is 3.84. The number of anilines is 1. The van der Waals surface area contributed by atoms with Crippen molar-refractivity contribution >= 4 is 11.6 Å². The third-order valence-electron chi connectivity index (χ3n) is 3.84. The van der Waals surface area contributed by atoms with Gasteiger partial charge in [0.25, 0.3) is 5.91 Å². The first-order valence-electron chi connectivity index (χ1n) is 7.80. The van der Waals surface area contributed by atoms with Gasteiger partial charge in [-0.1, -0.05) is 20.8 Å². The van der Waals surface area contributed by atoms with Crippen molar-refractivity contribution in [1.82, 2.24) is 15.2 Å². The van der Waals surface area contributed by atoms with E-state index in [4.69, 9.17) is 0 Å². The Kier molecular flexibility index (Phi) is 5.56. The summed E-state index contributed by atoms with van der Waals surface area (Å²) in [6.07, 6.45) is 3.49. The summed E-state index contributed by atoms with van der Waals surface area (Å²) < 4.78 is 0. The molecule has 0 unspecified atom stereocenters. The number of piperazine rings is 1. The van der Waals surface area contributed by atoms with Crippen molar-refractivity contribution in [3.63, 3.8) is 0 Å². The average molecular weight is 290 g/mol. The Morgan fingerprint density at radius 2 is 2.00 bits per heavy atom. The summed E-state index contributed by atoms with van der Waals surface area (Å²) in [5.74, 6) is 0.414. The van der Waals surface area contributed by atoms with Gasteiger partial charge < -0.3 is 15.1 Å². The second-order valence-electron chi connectivity index (χ2n) is 5.96. The van der Waals surface area contributed by atoms with E-state index in [2.05, 4.69) is 40.9 Å². The Morgan fingerprint density at radius 3 is 2.62 bits per heavy atom. The average Bonchev–Trinajstić information content (AvgIpc) is 2.52. The molecule has 1 N–H and O–H groups in total. The minimum absolute atomic E-state index is 0.0368. The molecule has 0 radical (unpaired) electrons. The fraction of sp³-hybridized carbons (Fsp3) is 0.625. The number of carbonyl (C=O) groups excluding carboxylic acids is 1. The van der Waals surface area contributed by atoms with Crippen molar-refractivity contribution in [1.29, 1.82) is 0 Å². The second kappa shape index (κ2) is 7.41. The number of likely N-dealkylation sites (N-methyl/N-ethyl adjacent to an activating group) is 1. The fourth-order valence-corrected chi connectivity index (χ4v) is 2.45. The highest BCUT2D eigenvalue weighted by molar-refractivity contribution is 5.94. The van der Waals surface area contributed by atoms with E-state index in [0.717, 1.165) is 38.4 Å². The Morgan fingerprint density at radius 1 is 1.29 bits per heavy atom. The van der Waals surface area contributed by atoms with Crippen molar-refractivity contribution in [2.24, 2.45) is 5.92 Å². The lowest BCUT2D eigenvalue weighted by atomic mass is 10.2. The molecule has 116 valence electrons. The summed E-state index contributed by atoms with van der Waals surface area (Å²) in [5.41, 5.74) is 1.69. The van der Waals surface area contributed by atoms with Crippen LogP contribution in [-0.2, 0) is 0 Å². The predicted molar refractivity (Wildman–Crippen MR) is 85.7 cm³/mol. The number of hydrogen-bond donors (Lipinski definition) is 1. The van der Waals surface area contributed by atoms with Crippen molar-refractivity contribution in [2.45, 2.75) is 20.8 Å². The van der Waals surface area contributed by atoms with Crippen LogP contribution in [0.2, 0.25) is 0 Å². The molecular weight excluding hydrogens is 264 g/mol.